The molecule has 0 aliphatic rings. The summed E-state index contributed by atoms with van der Waals surface area (Å²) in [5, 5.41) is 5.32. The third-order valence-corrected chi connectivity index (χ3v) is 4.22. The van der Waals surface area contributed by atoms with E-state index in [1.54, 1.807) is 36.4 Å². The molecule has 26 heavy (non-hydrogen) atoms. The van der Waals surface area contributed by atoms with Gasteiger partial charge in [-0.25, -0.2) is 4.98 Å². The van der Waals surface area contributed by atoms with Crippen molar-refractivity contribution in [3.8, 4) is 0 Å². The van der Waals surface area contributed by atoms with Crippen molar-refractivity contribution in [2.24, 2.45) is 0 Å². The minimum absolute atomic E-state index is 0.0560. The first-order valence-electron chi connectivity index (χ1n) is 7.50. The molecule has 0 fully saturated rings. The van der Waals surface area contributed by atoms with Gasteiger partial charge in [0, 0.05) is 23.7 Å². The first-order valence-corrected chi connectivity index (χ1v) is 8.87. The van der Waals surface area contributed by atoms with Crippen molar-refractivity contribution in [1.29, 1.82) is 0 Å². The van der Waals surface area contributed by atoms with Gasteiger partial charge in [0.15, 0.2) is 11.8 Å². The number of nitrogens with zero attached hydrogens (tertiary/aromatic N) is 1. The molecule has 0 saturated heterocycles. The number of pyridine rings is 1. The molecular weight excluding hydrogens is 378 g/mol. The van der Waals surface area contributed by atoms with E-state index < -0.39 is 18.5 Å². The average molecular weight is 394 g/mol. The van der Waals surface area contributed by atoms with Crippen LogP contribution in [0, 0.1) is 0 Å². The monoisotopic (exact) mass is 393 g/mol. The van der Waals surface area contributed by atoms with Crippen LogP contribution in [0.25, 0.3) is 0 Å². The maximum Gasteiger partial charge on any atom is 0.316 e. The molecule has 136 valence electrons. The lowest BCUT2D eigenvalue weighted by Crippen LogP contribution is -2.21. The van der Waals surface area contributed by atoms with Crippen molar-refractivity contribution < 1.29 is 19.1 Å². The molecule has 1 heterocycles. The fraction of sp³-hybridized carbons (Fsp3) is 0.176. The lowest BCUT2D eigenvalue weighted by molar-refractivity contribution is -0.144. The summed E-state index contributed by atoms with van der Waals surface area (Å²) in [5.74, 6) is -1.12. The Hall–Kier alpha value is -2.58. The van der Waals surface area contributed by atoms with Crippen LogP contribution in [-0.2, 0) is 19.1 Å². The van der Waals surface area contributed by atoms with Crippen molar-refractivity contribution in [1.82, 2.24) is 4.98 Å². The number of rotatable bonds is 7. The molecular formula is C17H16ClN3O4S. The largest absolute Gasteiger partial charge is 0.455 e. The highest BCUT2D eigenvalue weighted by molar-refractivity contribution is 8.00. The Morgan fingerprint density at radius 3 is 2.54 bits per heavy atom. The lowest BCUT2D eigenvalue weighted by Gasteiger charge is -2.07. The van der Waals surface area contributed by atoms with Crippen LogP contribution in [0.4, 0.5) is 11.4 Å². The Balaban J connectivity index is 1.72. The molecule has 0 unspecified atom stereocenters. The number of ether oxygens (including phenoxy) is 1. The first-order chi connectivity index (χ1) is 12.4. The summed E-state index contributed by atoms with van der Waals surface area (Å²) in [4.78, 5) is 39.1. The Labute approximate surface area is 159 Å². The number of hydrogen-bond acceptors (Lipinski definition) is 6. The zero-order valence-corrected chi connectivity index (χ0v) is 15.4. The molecule has 2 N–H and O–H groups in total. The van der Waals surface area contributed by atoms with Gasteiger partial charge in [-0.1, -0.05) is 11.6 Å². The first kappa shape index (κ1) is 19.7. The quantitative estimate of drug-likeness (QED) is 0.426. The van der Waals surface area contributed by atoms with Crippen molar-refractivity contribution in [2.75, 3.05) is 23.0 Å². The predicted molar refractivity (Wildman–Crippen MR) is 100 cm³/mol. The predicted octanol–water partition coefficient (Wildman–Crippen LogP) is 2.97. The number of amides is 2. The summed E-state index contributed by atoms with van der Waals surface area (Å²) in [6.07, 6.45) is 1.50. The molecule has 1 aromatic heterocycles. The van der Waals surface area contributed by atoms with Crippen LogP contribution >= 0.6 is 23.4 Å². The summed E-state index contributed by atoms with van der Waals surface area (Å²) in [7, 11) is 0. The Kier molecular flexibility index (Phi) is 7.43. The van der Waals surface area contributed by atoms with E-state index in [0.717, 1.165) is 4.90 Å². The van der Waals surface area contributed by atoms with Gasteiger partial charge in [0.25, 0.3) is 5.91 Å². The van der Waals surface area contributed by atoms with Gasteiger partial charge in [0.05, 0.1) is 11.4 Å². The minimum atomic E-state index is -0.520. The molecule has 1 aromatic carbocycles. The van der Waals surface area contributed by atoms with Gasteiger partial charge in [0.2, 0.25) is 5.91 Å². The maximum absolute atomic E-state index is 11.8. The second kappa shape index (κ2) is 9.79. The Bertz CT molecular complexity index is 799. The second-order valence-corrected chi connectivity index (χ2v) is 6.45. The van der Waals surface area contributed by atoms with Crippen LogP contribution in [0.3, 0.4) is 0 Å². The van der Waals surface area contributed by atoms with Crippen molar-refractivity contribution in [2.45, 2.75) is 11.8 Å². The van der Waals surface area contributed by atoms with E-state index in [1.165, 1.54) is 24.9 Å². The number of benzene rings is 1. The second-order valence-electron chi connectivity index (χ2n) is 5.04. The summed E-state index contributed by atoms with van der Waals surface area (Å²) in [5.41, 5.74) is 1.03. The zero-order chi connectivity index (χ0) is 18.9. The third-order valence-electron chi connectivity index (χ3n) is 2.93. The third kappa shape index (κ3) is 6.73. The summed E-state index contributed by atoms with van der Waals surface area (Å²) < 4.78 is 4.92. The zero-order valence-electron chi connectivity index (χ0n) is 13.8. The van der Waals surface area contributed by atoms with E-state index in [2.05, 4.69) is 15.6 Å². The molecule has 2 aromatic rings. The summed E-state index contributed by atoms with van der Waals surface area (Å²) in [6.45, 7) is 1.02. The standard InChI is InChI=1S/C17H16ClN3O4S/c1-11(22)20-12-4-6-13(7-5-12)26-10-16(24)25-9-15(23)21-14-3-2-8-19-17(14)18/h2-8H,9-10H2,1H3,(H,20,22)(H,21,23). The van der Waals surface area contributed by atoms with E-state index >= 15 is 0 Å². The number of anilines is 2. The fourth-order valence-electron chi connectivity index (χ4n) is 1.83. The lowest BCUT2D eigenvalue weighted by atomic mass is 10.3. The highest BCUT2D eigenvalue weighted by atomic mass is 35.5. The number of carbonyl (C=O) groups is 3. The summed E-state index contributed by atoms with van der Waals surface area (Å²) >= 11 is 7.09. The Morgan fingerprint density at radius 2 is 1.88 bits per heavy atom. The van der Waals surface area contributed by atoms with E-state index in [4.69, 9.17) is 16.3 Å². The smallest absolute Gasteiger partial charge is 0.316 e. The molecule has 0 atom stereocenters. The van der Waals surface area contributed by atoms with Gasteiger partial charge in [-0.2, -0.15) is 0 Å². The number of carbonyl (C=O) groups excluding carboxylic acids is 3. The van der Waals surface area contributed by atoms with E-state index in [1.807, 2.05) is 0 Å². The number of hydrogen-bond donors (Lipinski definition) is 2. The number of nitrogens with one attached hydrogen (secondary N) is 2. The average Bonchev–Trinajstić information content (AvgIpc) is 2.61. The molecule has 9 heteroatoms. The van der Waals surface area contributed by atoms with Crippen LogP contribution in [0.1, 0.15) is 6.92 Å². The van der Waals surface area contributed by atoms with Crippen molar-refractivity contribution >= 4 is 52.5 Å². The van der Waals surface area contributed by atoms with Crippen LogP contribution < -0.4 is 10.6 Å². The SMILES string of the molecule is CC(=O)Nc1ccc(SCC(=O)OCC(=O)Nc2cccnc2Cl)cc1. The molecule has 0 spiro atoms. The minimum Gasteiger partial charge on any atom is -0.455 e. The molecule has 0 aliphatic carbocycles. The molecule has 0 bridgehead atoms. The van der Waals surface area contributed by atoms with Gasteiger partial charge in [0.1, 0.15) is 0 Å². The van der Waals surface area contributed by atoms with Gasteiger partial charge < -0.3 is 15.4 Å². The van der Waals surface area contributed by atoms with Crippen molar-refractivity contribution in [3.63, 3.8) is 0 Å². The number of halogens is 1. The van der Waals surface area contributed by atoms with Crippen LogP contribution in [-0.4, -0.2) is 35.1 Å². The molecule has 0 saturated carbocycles. The van der Waals surface area contributed by atoms with Gasteiger partial charge in [-0.05, 0) is 36.4 Å². The summed E-state index contributed by atoms with van der Waals surface area (Å²) in [6, 6.07) is 10.2. The topological polar surface area (TPSA) is 97.4 Å². The molecule has 0 radical (unpaired) electrons. The highest BCUT2D eigenvalue weighted by Gasteiger charge is 2.10. The molecule has 2 rings (SSSR count). The Morgan fingerprint density at radius 1 is 1.15 bits per heavy atom. The maximum atomic E-state index is 11.8. The highest BCUT2D eigenvalue weighted by Crippen LogP contribution is 2.20. The van der Waals surface area contributed by atoms with Crippen molar-refractivity contribution in [3.05, 3.63) is 47.7 Å². The molecule has 2 amide bonds. The van der Waals surface area contributed by atoms with Crippen LogP contribution in [0.15, 0.2) is 47.5 Å². The molecule has 0 aliphatic heterocycles. The van der Waals surface area contributed by atoms with Gasteiger partial charge in [-0.3, -0.25) is 14.4 Å². The number of thioether (sulfide) groups is 1. The van der Waals surface area contributed by atoms with E-state index in [0.29, 0.717) is 11.4 Å². The fourth-order valence-corrected chi connectivity index (χ4v) is 2.70. The van der Waals surface area contributed by atoms with Gasteiger partial charge in [-0.15, -0.1) is 11.8 Å². The van der Waals surface area contributed by atoms with Crippen LogP contribution in [0.2, 0.25) is 5.15 Å². The van der Waals surface area contributed by atoms with Gasteiger partial charge >= 0.3 is 5.97 Å². The molecule has 7 nitrogen and oxygen atoms in total. The number of esters is 1. The van der Waals surface area contributed by atoms with E-state index in [9.17, 15) is 14.4 Å². The van der Waals surface area contributed by atoms with E-state index in [-0.39, 0.29) is 16.8 Å². The number of aromatic nitrogens is 1. The van der Waals surface area contributed by atoms with Crippen LogP contribution in [0.5, 0.6) is 0 Å². The normalized spacial score (nSPS) is 10.1.